The van der Waals surface area contributed by atoms with Crippen molar-refractivity contribution in [3.05, 3.63) is 52.8 Å². The molecule has 150 valence electrons. The number of nitrogens with zero attached hydrogens (tertiary/aromatic N) is 2. The lowest BCUT2D eigenvalue weighted by atomic mass is 9.97. The third kappa shape index (κ3) is 3.80. The largest absolute Gasteiger partial charge is 0.369 e. The molecule has 0 bridgehead atoms. The minimum Gasteiger partial charge on any atom is -0.369 e. The predicted molar refractivity (Wildman–Crippen MR) is 113 cm³/mol. The summed E-state index contributed by atoms with van der Waals surface area (Å²) < 4.78 is 14.8. The van der Waals surface area contributed by atoms with E-state index < -0.39 is 0 Å². The van der Waals surface area contributed by atoms with Crippen LogP contribution in [0, 0.1) is 18.7 Å². The van der Waals surface area contributed by atoms with Crippen LogP contribution in [-0.4, -0.2) is 29.9 Å². The molecule has 1 aliphatic heterocycles. The topological polar surface area (TPSA) is 88.3 Å². The Kier molecular flexibility index (Phi) is 5.19. The maximum absolute atomic E-state index is 14.1. The first kappa shape index (κ1) is 19.3. The van der Waals surface area contributed by atoms with Crippen molar-refractivity contribution in [1.82, 2.24) is 4.98 Å². The van der Waals surface area contributed by atoms with Gasteiger partial charge in [0.15, 0.2) is 0 Å². The average molecular weight is 412 g/mol. The van der Waals surface area contributed by atoms with Crippen LogP contribution >= 0.6 is 11.3 Å². The number of anilines is 2. The molecule has 2 aromatic heterocycles. The number of amides is 2. The van der Waals surface area contributed by atoms with Gasteiger partial charge in [-0.05, 0) is 49.6 Å². The van der Waals surface area contributed by atoms with E-state index in [9.17, 15) is 14.0 Å². The molecule has 1 atom stereocenters. The summed E-state index contributed by atoms with van der Waals surface area (Å²) in [7, 11) is 0. The summed E-state index contributed by atoms with van der Waals surface area (Å²) >= 11 is 1.27. The number of rotatable bonds is 4. The molecule has 3 N–H and O–H groups in total. The molecular formula is C21H21FN4O2S. The number of pyridine rings is 1. The highest BCUT2D eigenvalue weighted by Gasteiger charge is 2.25. The van der Waals surface area contributed by atoms with Crippen molar-refractivity contribution in [3.63, 3.8) is 0 Å². The molecule has 8 heteroatoms. The van der Waals surface area contributed by atoms with Gasteiger partial charge in [0.2, 0.25) is 5.91 Å². The van der Waals surface area contributed by atoms with Crippen LogP contribution in [0.5, 0.6) is 0 Å². The third-order valence-corrected chi connectivity index (χ3v) is 6.52. The fraction of sp³-hybridized carbons (Fsp3) is 0.286. The second kappa shape index (κ2) is 7.79. The molecule has 0 saturated carbocycles. The maximum Gasteiger partial charge on any atom is 0.266 e. The summed E-state index contributed by atoms with van der Waals surface area (Å²) in [6.45, 7) is 3.12. The highest BCUT2D eigenvalue weighted by molar-refractivity contribution is 7.21. The standard InChI is InChI=1S/C21H21FN4O2S/c1-12-18-15(22)5-2-6-16(18)29-19(12)21(28)25-14-7-8-17(24-10-14)26-9-3-4-13(11-26)20(23)27/h2,5-8,10,13H,3-4,9,11H2,1H3,(H2,23,27)(H,25,28). The highest BCUT2D eigenvalue weighted by Crippen LogP contribution is 2.33. The van der Waals surface area contributed by atoms with Gasteiger partial charge in [0.1, 0.15) is 11.6 Å². The number of fused-ring (bicyclic) bond motifs is 1. The van der Waals surface area contributed by atoms with Crippen LogP contribution in [0.3, 0.4) is 0 Å². The number of nitrogens with one attached hydrogen (secondary N) is 1. The molecule has 0 aliphatic carbocycles. The third-order valence-electron chi connectivity index (χ3n) is 5.26. The summed E-state index contributed by atoms with van der Waals surface area (Å²) in [5.74, 6) is -0.314. The fourth-order valence-electron chi connectivity index (χ4n) is 3.72. The van der Waals surface area contributed by atoms with Crippen LogP contribution in [0.4, 0.5) is 15.9 Å². The molecule has 0 radical (unpaired) electrons. The van der Waals surface area contributed by atoms with E-state index in [2.05, 4.69) is 10.3 Å². The lowest BCUT2D eigenvalue weighted by molar-refractivity contribution is -0.122. The number of piperidine rings is 1. The quantitative estimate of drug-likeness (QED) is 0.684. The van der Waals surface area contributed by atoms with Gasteiger partial charge < -0.3 is 16.0 Å². The number of primary amides is 1. The normalized spacial score (nSPS) is 16.8. The van der Waals surface area contributed by atoms with Crippen LogP contribution in [0.25, 0.3) is 10.1 Å². The van der Waals surface area contributed by atoms with Crippen molar-refractivity contribution in [2.45, 2.75) is 19.8 Å². The molecule has 1 aromatic carbocycles. The number of halogens is 1. The molecule has 4 rings (SSSR count). The van der Waals surface area contributed by atoms with E-state index >= 15 is 0 Å². The van der Waals surface area contributed by atoms with Crippen molar-refractivity contribution >= 4 is 44.7 Å². The van der Waals surface area contributed by atoms with Crippen molar-refractivity contribution < 1.29 is 14.0 Å². The molecule has 1 aliphatic rings. The van der Waals surface area contributed by atoms with Gasteiger partial charge in [0.05, 0.1) is 22.7 Å². The van der Waals surface area contributed by atoms with Gasteiger partial charge >= 0.3 is 0 Å². The van der Waals surface area contributed by atoms with Crippen LogP contribution in [-0.2, 0) is 4.79 Å². The number of hydrogen-bond donors (Lipinski definition) is 2. The Bertz CT molecular complexity index is 1080. The van der Waals surface area contributed by atoms with Gasteiger partial charge in [-0.15, -0.1) is 11.3 Å². The van der Waals surface area contributed by atoms with Crippen LogP contribution in [0.2, 0.25) is 0 Å². The fourth-order valence-corrected chi connectivity index (χ4v) is 4.84. The van der Waals surface area contributed by atoms with Gasteiger partial charge in [-0.1, -0.05) is 6.07 Å². The van der Waals surface area contributed by atoms with E-state index in [0.717, 1.165) is 29.9 Å². The summed E-state index contributed by atoms with van der Waals surface area (Å²) in [5.41, 5.74) is 6.63. The van der Waals surface area contributed by atoms with Gasteiger partial charge in [-0.2, -0.15) is 0 Å². The SMILES string of the molecule is Cc1c(C(=O)Nc2ccc(N3CCCC(C(N)=O)C3)nc2)sc2cccc(F)c12. The Morgan fingerprint density at radius 1 is 1.31 bits per heavy atom. The van der Waals surface area contributed by atoms with Crippen LogP contribution in [0.15, 0.2) is 36.5 Å². The van der Waals surface area contributed by atoms with Crippen molar-refractivity contribution in [3.8, 4) is 0 Å². The molecule has 1 saturated heterocycles. The number of benzene rings is 1. The van der Waals surface area contributed by atoms with Gasteiger partial charge in [-0.3, -0.25) is 9.59 Å². The lowest BCUT2D eigenvalue weighted by Gasteiger charge is -2.32. The van der Waals surface area contributed by atoms with Crippen LogP contribution < -0.4 is 16.0 Å². The first-order chi connectivity index (χ1) is 13.9. The first-order valence-corrected chi connectivity index (χ1v) is 10.2. The zero-order valence-electron chi connectivity index (χ0n) is 15.9. The number of carbonyl (C=O) groups is 2. The Morgan fingerprint density at radius 3 is 2.83 bits per heavy atom. The lowest BCUT2D eigenvalue weighted by Crippen LogP contribution is -2.41. The number of thiophene rings is 1. The molecule has 6 nitrogen and oxygen atoms in total. The maximum atomic E-state index is 14.1. The zero-order valence-corrected chi connectivity index (χ0v) is 16.8. The predicted octanol–water partition coefficient (Wildman–Crippen LogP) is 3.70. The van der Waals surface area contributed by atoms with Crippen molar-refractivity contribution in [1.29, 1.82) is 0 Å². The van der Waals surface area contributed by atoms with E-state index in [4.69, 9.17) is 5.73 Å². The molecule has 3 heterocycles. The molecule has 1 unspecified atom stereocenters. The Balaban J connectivity index is 1.49. The molecule has 0 spiro atoms. The van der Waals surface area contributed by atoms with E-state index in [1.54, 1.807) is 31.3 Å². The number of aryl methyl sites for hydroxylation is 1. The Morgan fingerprint density at radius 2 is 2.14 bits per heavy atom. The number of carbonyl (C=O) groups excluding carboxylic acids is 2. The van der Waals surface area contributed by atoms with Gasteiger partial charge in [0, 0.05) is 23.2 Å². The van der Waals surface area contributed by atoms with Gasteiger partial charge in [-0.25, -0.2) is 9.37 Å². The minimum atomic E-state index is -0.322. The van der Waals surface area contributed by atoms with E-state index in [0.29, 0.717) is 28.1 Å². The van der Waals surface area contributed by atoms with Crippen molar-refractivity contribution in [2.75, 3.05) is 23.3 Å². The second-order valence-electron chi connectivity index (χ2n) is 7.22. The minimum absolute atomic E-state index is 0.165. The molecular weight excluding hydrogens is 391 g/mol. The summed E-state index contributed by atoms with van der Waals surface area (Å²) in [5, 5.41) is 3.32. The van der Waals surface area contributed by atoms with E-state index in [-0.39, 0.29) is 23.5 Å². The molecule has 29 heavy (non-hydrogen) atoms. The second-order valence-corrected chi connectivity index (χ2v) is 8.27. The van der Waals surface area contributed by atoms with E-state index in [1.807, 2.05) is 11.0 Å². The van der Waals surface area contributed by atoms with E-state index in [1.165, 1.54) is 17.4 Å². The number of hydrogen-bond acceptors (Lipinski definition) is 5. The molecule has 3 aromatic rings. The first-order valence-electron chi connectivity index (χ1n) is 9.43. The number of aromatic nitrogens is 1. The monoisotopic (exact) mass is 412 g/mol. The summed E-state index contributed by atoms with van der Waals surface area (Å²) in [6.07, 6.45) is 3.27. The highest BCUT2D eigenvalue weighted by atomic mass is 32.1. The zero-order chi connectivity index (χ0) is 20.5. The Labute approximate surface area is 171 Å². The Hall–Kier alpha value is -3.00. The van der Waals surface area contributed by atoms with Crippen molar-refractivity contribution in [2.24, 2.45) is 11.7 Å². The summed E-state index contributed by atoms with van der Waals surface area (Å²) in [6, 6.07) is 8.44. The average Bonchev–Trinajstić information content (AvgIpc) is 3.06. The molecule has 2 amide bonds. The summed E-state index contributed by atoms with van der Waals surface area (Å²) in [4.78, 5) is 31.1. The van der Waals surface area contributed by atoms with Crippen LogP contribution in [0.1, 0.15) is 28.1 Å². The number of nitrogens with two attached hydrogens (primary N) is 1. The molecule has 1 fully saturated rings. The van der Waals surface area contributed by atoms with Gasteiger partial charge in [0.25, 0.3) is 5.91 Å². The smallest absolute Gasteiger partial charge is 0.266 e.